The molecule has 1 aliphatic heterocycles. The minimum atomic E-state index is -3.03. The Hall–Kier alpha value is -3.10. The van der Waals surface area contributed by atoms with Crippen molar-refractivity contribution >= 4 is 11.7 Å². The zero-order chi connectivity index (χ0) is 20.8. The third-order valence-electron chi connectivity index (χ3n) is 5.11. The van der Waals surface area contributed by atoms with E-state index in [0.717, 1.165) is 5.56 Å². The van der Waals surface area contributed by atoms with Gasteiger partial charge in [0.15, 0.2) is 0 Å². The molecule has 3 heterocycles. The third-order valence-corrected chi connectivity index (χ3v) is 5.11. The van der Waals surface area contributed by atoms with Crippen LogP contribution in [0.1, 0.15) is 39.6 Å². The van der Waals surface area contributed by atoms with Gasteiger partial charge in [0, 0.05) is 24.6 Å². The molecule has 0 N–H and O–H groups in total. The second-order valence-electron chi connectivity index (χ2n) is 7.44. The van der Waals surface area contributed by atoms with Gasteiger partial charge in [-0.3, -0.25) is 4.79 Å². The van der Waals surface area contributed by atoms with Gasteiger partial charge in [-0.2, -0.15) is 10.1 Å². The van der Waals surface area contributed by atoms with E-state index in [-0.39, 0.29) is 18.5 Å². The minimum Gasteiger partial charge on any atom is -0.496 e. The number of halogens is 2. The summed E-state index contributed by atoms with van der Waals surface area (Å²) in [7, 11) is 1.45. The number of aryl methyl sites for hydroxylation is 2. The predicted molar refractivity (Wildman–Crippen MR) is 101 cm³/mol. The first-order valence-electron chi connectivity index (χ1n) is 9.26. The first kappa shape index (κ1) is 19.2. The van der Waals surface area contributed by atoms with Crippen LogP contribution < -0.4 is 4.74 Å². The number of hydrogen-bond donors (Lipinski definition) is 0. The molecule has 1 atom stereocenters. The number of aromatic nitrogens is 4. The number of carbonyl (C=O) groups excluding carboxylic acids is 1. The van der Waals surface area contributed by atoms with E-state index in [4.69, 9.17) is 4.74 Å². The summed E-state index contributed by atoms with van der Waals surface area (Å²) in [6, 6.07) is 6.87. The maximum absolute atomic E-state index is 14.7. The summed E-state index contributed by atoms with van der Waals surface area (Å²) in [5.41, 5.74) is 2.36. The van der Waals surface area contributed by atoms with Crippen LogP contribution in [0.3, 0.4) is 0 Å². The van der Waals surface area contributed by atoms with Crippen LogP contribution in [0.15, 0.2) is 30.6 Å². The Morgan fingerprint density at radius 1 is 1.28 bits per heavy atom. The number of methoxy groups -OCH3 is 1. The Morgan fingerprint density at radius 3 is 2.83 bits per heavy atom. The zero-order valence-corrected chi connectivity index (χ0v) is 16.4. The number of amides is 1. The van der Waals surface area contributed by atoms with Gasteiger partial charge < -0.3 is 9.64 Å². The molecule has 0 spiro atoms. The number of benzene rings is 1. The molecule has 1 unspecified atom stereocenters. The number of carbonyl (C=O) groups is 1. The molecule has 152 valence electrons. The number of fused-ring (bicyclic) bond motifs is 1. The van der Waals surface area contributed by atoms with Gasteiger partial charge in [0.05, 0.1) is 24.9 Å². The highest BCUT2D eigenvalue weighted by molar-refractivity contribution is 5.97. The Kier molecular flexibility index (Phi) is 4.68. The van der Waals surface area contributed by atoms with Gasteiger partial charge >= 0.3 is 0 Å². The van der Waals surface area contributed by atoms with Gasteiger partial charge in [0.25, 0.3) is 17.6 Å². The molecule has 29 heavy (non-hydrogen) atoms. The molecule has 3 aromatic rings. The van der Waals surface area contributed by atoms with Gasteiger partial charge in [-0.15, -0.1) is 0 Å². The maximum atomic E-state index is 14.7. The van der Waals surface area contributed by atoms with E-state index in [2.05, 4.69) is 15.1 Å². The smallest absolute Gasteiger partial charge is 0.266 e. The average molecular weight is 401 g/mol. The SMILES string of the molecule is COc1ccc(C)cc1C(=O)N1CC(c2cc(C)nc3ncnn23)CC(F)(F)C1. The molecule has 0 aliphatic carbocycles. The summed E-state index contributed by atoms with van der Waals surface area (Å²) in [5, 5.41) is 4.12. The highest BCUT2D eigenvalue weighted by atomic mass is 19.3. The zero-order valence-electron chi connectivity index (χ0n) is 16.4. The number of hydrogen-bond acceptors (Lipinski definition) is 5. The van der Waals surface area contributed by atoms with E-state index in [9.17, 15) is 13.6 Å². The summed E-state index contributed by atoms with van der Waals surface area (Å²) in [4.78, 5) is 22.7. The summed E-state index contributed by atoms with van der Waals surface area (Å²) >= 11 is 0. The van der Waals surface area contributed by atoms with E-state index in [1.54, 1.807) is 25.1 Å². The fraction of sp³-hybridized carbons (Fsp3) is 0.400. The van der Waals surface area contributed by atoms with Crippen LogP contribution in [-0.2, 0) is 0 Å². The number of ether oxygens (including phenoxy) is 1. The first-order valence-corrected chi connectivity index (χ1v) is 9.26. The maximum Gasteiger partial charge on any atom is 0.266 e. The number of alkyl halides is 2. The highest BCUT2D eigenvalue weighted by Crippen LogP contribution is 2.37. The topological polar surface area (TPSA) is 72.6 Å². The Balaban J connectivity index is 1.72. The van der Waals surface area contributed by atoms with E-state index >= 15 is 0 Å². The molecule has 7 nitrogen and oxygen atoms in total. The van der Waals surface area contributed by atoms with Crippen LogP contribution in [0.4, 0.5) is 8.78 Å². The first-order chi connectivity index (χ1) is 13.8. The molecular weight excluding hydrogens is 380 g/mol. The number of likely N-dealkylation sites (tertiary alicyclic amines) is 1. The lowest BCUT2D eigenvalue weighted by Crippen LogP contribution is -2.49. The monoisotopic (exact) mass is 401 g/mol. The fourth-order valence-corrected chi connectivity index (χ4v) is 3.86. The van der Waals surface area contributed by atoms with Crippen molar-refractivity contribution < 1.29 is 18.3 Å². The fourth-order valence-electron chi connectivity index (χ4n) is 3.86. The van der Waals surface area contributed by atoms with Crippen molar-refractivity contribution in [1.29, 1.82) is 0 Å². The predicted octanol–water partition coefficient (Wildman–Crippen LogP) is 3.01. The standard InChI is InChI=1S/C20H21F2N5O2/c1-12-4-5-17(29-3)15(6-12)18(28)26-9-14(8-20(21,22)10-26)16-7-13(2)25-19-23-11-24-27(16)19/h4-7,11,14H,8-10H2,1-3H3. The number of rotatable bonds is 3. The second-order valence-corrected chi connectivity index (χ2v) is 7.44. The Morgan fingerprint density at radius 2 is 2.07 bits per heavy atom. The summed E-state index contributed by atoms with van der Waals surface area (Å²) in [6.07, 6.45) is 0.965. The molecule has 2 aromatic heterocycles. The molecule has 0 radical (unpaired) electrons. The molecule has 1 saturated heterocycles. The lowest BCUT2D eigenvalue weighted by molar-refractivity contribution is -0.0641. The summed E-state index contributed by atoms with van der Waals surface area (Å²) in [5.74, 6) is -3.39. The van der Waals surface area contributed by atoms with Crippen LogP contribution in [0.5, 0.6) is 5.75 Å². The van der Waals surface area contributed by atoms with Crippen molar-refractivity contribution in [2.75, 3.05) is 20.2 Å². The number of piperidine rings is 1. The third kappa shape index (κ3) is 3.64. The van der Waals surface area contributed by atoms with Gasteiger partial charge in [0.1, 0.15) is 12.1 Å². The van der Waals surface area contributed by atoms with E-state index in [1.165, 1.54) is 22.9 Å². The minimum absolute atomic E-state index is 0.143. The molecule has 0 bridgehead atoms. The van der Waals surface area contributed by atoms with Gasteiger partial charge in [-0.25, -0.2) is 18.3 Å². The molecule has 9 heteroatoms. The van der Waals surface area contributed by atoms with Gasteiger partial charge in [-0.1, -0.05) is 11.6 Å². The summed E-state index contributed by atoms with van der Waals surface area (Å²) in [6.45, 7) is 3.12. The van der Waals surface area contributed by atoms with Crippen molar-refractivity contribution in [3.63, 3.8) is 0 Å². The Bertz CT molecular complexity index is 1080. The average Bonchev–Trinajstić information content (AvgIpc) is 3.13. The van der Waals surface area contributed by atoms with Crippen molar-refractivity contribution in [3.8, 4) is 5.75 Å². The van der Waals surface area contributed by atoms with Crippen molar-refractivity contribution in [1.82, 2.24) is 24.5 Å². The van der Waals surface area contributed by atoms with Crippen LogP contribution in [0.2, 0.25) is 0 Å². The van der Waals surface area contributed by atoms with E-state index < -0.39 is 24.3 Å². The van der Waals surface area contributed by atoms with Crippen LogP contribution >= 0.6 is 0 Å². The molecular formula is C20H21F2N5O2. The Labute approximate surface area is 166 Å². The van der Waals surface area contributed by atoms with Gasteiger partial charge in [-0.05, 0) is 32.0 Å². The summed E-state index contributed by atoms with van der Waals surface area (Å²) < 4.78 is 36.1. The van der Waals surface area contributed by atoms with Crippen molar-refractivity contribution in [3.05, 3.63) is 53.1 Å². The molecule has 1 aliphatic rings. The normalized spacial score (nSPS) is 18.8. The van der Waals surface area contributed by atoms with Crippen LogP contribution in [0.25, 0.3) is 5.78 Å². The molecule has 1 aromatic carbocycles. The van der Waals surface area contributed by atoms with Crippen LogP contribution in [-0.4, -0.2) is 56.5 Å². The van der Waals surface area contributed by atoms with E-state index in [1.807, 2.05) is 13.0 Å². The molecule has 0 saturated carbocycles. The second kappa shape index (κ2) is 7.06. The number of nitrogens with zero attached hydrogens (tertiary/aromatic N) is 5. The van der Waals surface area contributed by atoms with Crippen molar-refractivity contribution in [2.45, 2.75) is 32.1 Å². The van der Waals surface area contributed by atoms with Crippen molar-refractivity contribution in [2.24, 2.45) is 0 Å². The van der Waals surface area contributed by atoms with E-state index in [0.29, 0.717) is 22.9 Å². The highest BCUT2D eigenvalue weighted by Gasteiger charge is 2.44. The lowest BCUT2D eigenvalue weighted by atomic mass is 9.91. The quantitative estimate of drug-likeness (QED) is 0.675. The van der Waals surface area contributed by atoms with Crippen LogP contribution in [0, 0.1) is 13.8 Å². The molecule has 1 amide bonds. The molecule has 1 fully saturated rings. The largest absolute Gasteiger partial charge is 0.496 e. The van der Waals surface area contributed by atoms with Gasteiger partial charge in [0.2, 0.25) is 0 Å². The lowest BCUT2D eigenvalue weighted by Gasteiger charge is -2.38. The molecule has 4 rings (SSSR count).